The SMILES string of the molecule is Cc1ccc(NC(=O)c2cc(S(=O)(=O)N(C)C)ccc2N2CCOCC2)cc1. The van der Waals surface area contributed by atoms with Gasteiger partial charge in [-0.1, -0.05) is 17.7 Å². The zero-order valence-electron chi connectivity index (χ0n) is 16.3. The lowest BCUT2D eigenvalue weighted by atomic mass is 10.1. The topological polar surface area (TPSA) is 79.0 Å². The molecule has 0 bridgehead atoms. The van der Waals surface area contributed by atoms with Crippen molar-refractivity contribution in [2.45, 2.75) is 11.8 Å². The van der Waals surface area contributed by atoms with E-state index in [9.17, 15) is 13.2 Å². The molecule has 1 aliphatic heterocycles. The molecule has 1 N–H and O–H groups in total. The molecule has 1 saturated heterocycles. The molecule has 0 radical (unpaired) electrons. The predicted octanol–water partition coefficient (Wildman–Crippen LogP) is 2.33. The number of rotatable bonds is 5. The van der Waals surface area contributed by atoms with Gasteiger partial charge in [-0.3, -0.25) is 4.79 Å². The van der Waals surface area contributed by atoms with Crippen LogP contribution in [0, 0.1) is 6.92 Å². The first-order valence-electron chi connectivity index (χ1n) is 9.06. The van der Waals surface area contributed by atoms with E-state index in [-0.39, 0.29) is 10.8 Å². The highest BCUT2D eigenvalue weighted by molar-refractivity contribution is 7.89. The summed E-state index contributed by atoms with van der Waals surface area (Å²) in [6, 6.07) is 12.2. The van der Waals surface area contributed by atoms with Gasteiger partial charge in [-0.2, -0.15) is 0 Å². The lowest BCUT2D eigenvalue weighted by molar-refractivity contribution is 0.102. The van der Waals surface area contributed by atoms with E-state index in [1.54, 1.807) is 12.1 Å². The Labute approximate surface area is 166 Å². The van der Waals surface area contributed by atoms with Crippen molar-refractivity contribution in [1.29, 1.82) is 0 Å². The fourth-order valence-corrected chi connectivity index (χ4v) is 3.91. The van der Waals surface area contributed by atoms with E-state index in [2.05, 4.69) is 5.32 Å². The molecule has 0 spiro atoms. The molecule has 1 amide bonds. The highest BCUT2D eigenvalue weighted by Gasteiger charge is 2.24. The molecule has 1 fully saturated rings. The molecule has 28 heavy (non-hydrogen) atoms. The molecule has 0 aliphatic carbocycles. The van der Waals surface area contributed by atoms with Crippen molar-refractivity contribution in [2.24, 2.45) is 0 Å². The van der Waals surface area contributed by atoms with Gasteiger partial charge in [-0.05, 0) is 37.3 Å². The second-order valence-electron chi connectivity index (χ2n) is 6.89. The Kier molecular flexibility index (Phi) is 6.02. The standard InChI is InChI=1S/C20H25N3O4S/c1-15-4-6-16(7-5-15)21-20(24)18-14-17(28(25,26)22(2)3)8-9-19(18)23-10-12-27-13-11-23/h4-9,14H,10-13H2,1-3H3,(H,21,24). The van der Waals surface area contributed by atoms with Crippen LogP contribution in [0.15, 0.2) is 47.4 Å². The maximum atomic E-state index is 13.0. The van der Waals surface area contributed by atoms with Crippen LogP contribution in [0.4, 0.5) is 11.4 Å². The minimum atomic E-state index is -3.65. The third-order valence-electron chi connectivity index (χ3n) is 4.65. The minimum absolute atomic E-state index is 0.0866. The molecule has 0 aromatic heterocycles. The Hall–Kier alpha value is -2.42. The van der Waals surface area contributed by atoms with Gasteiger partial charge in [0.25, 0.3) is 5.91 Å². The van der Waals surface area contributed by atoms with Crippen molar-refractivity contribution >= 4 is 27.3 Å². The average Bonchev–Trinajstić information content (AvgIpc) is 2.69. The highest BCUT2D eigenvalue weighted by atomic mass is 32.2. The summed E-state index contributed by atoms with van der Waals surface area (Å²) in [7, 11) is -0.710. The highest BCUT2D eigenvalue weighted by Crippen LogP contribution is 2.27. The maximum absolute atomic E-state index is 13.0. The van der Waals surface area contributed by atoms with E-state index in [1.165, 1.54) is 20.2 Å². The van der Waals surface area contributed by atoms with Crippen LogP contribution < -0.4 is 10.2 Å². The van der Waals surface area contributed by atoms with Crippen molar-refractivity contribution in [3.05, 3.63) is 53.6 Å². The molecule has 0 unspecified atom stereocenters. The monoisotopic (exact) mass is 403 g/mol. The van der Waals surface area contributed by atoms with Crippen molar-refractivity contribution in [3.63, 3.8) is 0 Å². The Bertz CT molecular complexity index is 950. The van der Waals surface area contributed by atoms with Crippen molar-refractivity contribution in [3.8, 4) is 0 Å². The summed E-state index contributed by atoms with van der Waals surface area (Å²) in [5.41, 5.74) is 2.77. The fraction of sp³-hybridized carbons (Fsp3) is 0.350. The number of ether oxygens (including phenoxy) is 1. The zero-order valence-corrected chi connectivity index (χ0v) is 17.1. The molecule has 1 aliphatic rings. The third-order valence-corrected chi connectivity index (χ3v) is 6.46. The Morgan fingerprint density at radius 2 is 1.71 bits per heavy atom. The largest absolute Gasteiger partial charge is 0.378 e. The first kappa shape index (κ1) is 20.3. The number of hydrogen-bond donors (Lipinski definition) is 1. The lowest BCUT2D eigenvalue weighted by Gasteiger charge is -2.30. The van der Waals surface area contributed by atoms with Gasteiger partial charge in [0.1, 0.15) is 0 Å². The molecule has 0 saturated carbocycles. The van der Waals surface area contributed by atoms with Crippen LogP contribution in [0.1, 0.15) is 15.9 Å². The molecular weight excluding hydrogens is 378 g/mol. The van der Waals surface area contributed by atoms with Gasteiger partial charge in [-0.25, -0.2) is 12.7 Å². The van der Waals surface area contributed by atoms with E-state index >= 15 is 0 Å². The first-order valence-corrected chi connectivity index (χ1v) is 10.5. The molecule has 1 heterocycles. The quantitative estimate of drug-likeness (QED) is 0.829. The van der Waals surface area contributed by atoms with Crippen LogP contribution >= 0.6 is 0 Å². The third kappa shape index (κ3) is 4.35. The van der Waals surface area contributed by atoms with E-state index in [1.807, 2.05) is 36.1 Å². The normalized spacial score (nSPS) is 14.9. The van der Waals surface area contributed by atoms with Gasteiger partial charge >= 0.3 is 0 Å². The predicted molar refractivity (Wildman–Crippen MR) is 109 cm³/mol. The van der Waals surface area contributed by atoms with Gasteiger partial charge in [0.2, 0.25) is 10.0 Å². The number of sulfonamides is 1. The smallest absolute Gasteiger partial charge is 0.257 e. The Balaban J connectivity index is 2.00. The summed E-state index contributed by atoms with van der Waals surface area (Å²) in [4.78, 5) is 15.2. The number of morpholine rings is 1. The number of anilines is 2. The Morgan fingerprint density at radius 3 is 2.32 bits per heavy atom. The summed E-state index contributed by atoms with van der Waals surface area (Å²) in [5.74, 6) is -0.346. The summed E-state index contributed by atoms with van der Waals surface area (Å²) in [5, 5.41) is 2.87. The van der Waals surface area contributed by atoms with Crippen LogP contribution in [0.25, 0.3) is 0 Å². The van der Waals surface area contributed by atoms with Crippen molar-refractivity contribution < 1.29 is 17.9 Å². The average molecular weight is 404 g/mol. The van der Waals surface area contributed by atoms with Crippen LogP contribution in [0.2, 0.25) is 0 Å². The van der Waals surface area contributed by atoms with Crippen LogP contribution in [0.3, 0.4) is 0 Å². The second kappa shape index (κ2) is 8.30. The Morgan fingerprint density at radius 1 is 1.07 bits per heavy atom. The van der Waals surface area contributed by atoms with Gasteiger partial charge in [0.05, 0.1) is 23.7 Å². The van der Waals surface area contributed by atoms with E-state index < -0.39 is 10.0 Å². The minimum Gasteiger partial charge on any atom is -0.378 e. The molecule has 150 valence electrons. The summed E-state index contributed by atoms with van der Waals surface area (Å²) in [6.07, 6.45) is 0. The molecule has 2 aromatic rings. The molecule has 2 aromatic carbocycles. The van der Waals surface area contributed by atoms with E-state index in [0.717, 1.165) is 9.87 Å². The van der Waals surface area contributed by atoms with Crippen LogP contribution in [-0.2, 0) is 14.8 Å². The number of nitrogens with zero attached hydrogens (tertiary/aromatic N) is 2. The number of amides is 1. The summed E-state index contributed by atoms with van der Waals surface area (Å²) >= 11 is 0. The zero-order chi connectivity index (χ0) is 20.3. The maximum Gasteiger partial charge on any atom is 0.257 e. The van der Waals surface area contributed by atoms with Gasteiger partial charge in [-0.15, -0.1) is 0 Å². The number of hydrogen-bond acceptors (Lipinski definition) is 5. The van der Waals surface area contributed by atoms with Gasteiger partial charge in [0, 0.05) is 38.6 Å². The van der Waals surface area contributed by atoms with E-state index in [0.29, 0.717) is 43.2 Å². The van der Waals surface area contributed by atoms with Gasteiger partial charge in [0.15, 0.2) is 0 Å². The van der Waals surface area contributed by atoms with Crippen molar-refractivity contribution in [1.82, 2.24) is 4.31 Å². The molecule has 0 atom stereocenters. The van der Waals surface area contributed by atoms with Crippen molar-refractivity contribution in [2.75, 3.05) is 50.6 Å². The number of nitrogens with one attached hydrogen (secondary N) is 1. The molecule has 3 rings (SSSR count). The lowest BCUT2D eigenvalue weighted by Crippen LogP contribution is -2.37. The number of carbonyl (C=O) groups is 1. The summed E-state index contributed by atoms with van der Waals surface area (Å²) in [6.45, 7) is 4.39. The second-order valence-corrected chi connectivity index (χ2v) is 9.04. The van der Waals surface area contributed by atoms with E-state index in [4.69, 9.17) is 4.74 Å². The first-order chi connectivity index (χ1) is 13.3. The number of benzene rings is 2. The summed E-state index contributed by atoms with van der Waals surface area (Å²) < 4.78 is 31.6. The molecule has 8 heteroatoms. The number of aryl methyl sites for hydroxylation is 1. The molecular formula is C20H25N3O4S. The van der Waals surface area contributed by atoms with Crippen LogP contribution in [0.5, 0.6) is 0 Å². The fourth-order valence-electron chi connectivity index (χ4n) is 2.98. The van der Waals surface area contributed by atoms with Gasteiger partial charge < -0.3 is 15.0 Å². The number of carbonyl (C=O) groups excluding carboxylic acids is 1. The molecule has 7 nitrogen and oxygen atoms in total. The van der Waals surface area contributed by atoms with Crippen LogP contribution in [-0.4, -0.2) is 59.0 Å².